The number of hydrogen-bond donors (Lipinski definition) is 1. The number of aryl methyl sites for hydroxylation is 1. The molecule has 0 radical (unpaired) electrons. The van der Waals surface area contributed by atoms with E-state index in [4.69, 9.17) is 4.74 Å². The first kappa shape index (κ1) is 12.4. The Morgan fingerprint density at radius 3 is 2.88 bits per heavy atom. The number of carbonyl (C=O) groups is 1. The van der Waals surface area contributed by atoms with Crippen LogP contribution in [0.1, 0.15) is 24.8 Å². The topological polar surface area (TPSA) is 38.3 Å². The van der Waals surface area contributed by atoms with Crippen molar-refractivity contribution in [2.75, 3.05) is 7.11 Å². The van der Waals surface area contributed by atoms with E-state index < -0.39 is 0 Å². The molecule has 1 fully saturated rings. The molecule has 3 nitrogen and oxygen atoms in total. The molecule has 1 aromatic rings. The lowest BCUT2D eigenvalue weighted by molar-refractivity contribution is -0.121. The van der Waals surface area contributed by atoms with Gasteiger partial charge in [0.1, 0.15) is 5.75 Å². The Balaban J connectivity index is 1.85. The van der Waals surface area contributed by atoms with Gasteiger partial charge in [-0.05, 0) is 52.9 Å². The van der Waals surface area contributed by atoms with Crippen LogP contribution in [0.5, 0.6) is 5.75 Å². The summed E-state index contributed by atoms with van der Waals surface area (Å²) in [4.78, 5) is 11.5. The Labute approximate surface area is 110 Å². The second-order valence-electron chi connectivity index (χ2n) is 4.31. The molecule has 1 N–H and O–H groups in total. The van der Waals surface area contributed by atoms with Crippen LogP contribution in [0.3, 0.4) is 0 Å². The molecule has 0 spiro atoms. The molecule has 1 aromatic carbocycles. The highest BCUT2D eigenvalue weighted by Gasteiger charge is 2.22. The van der Waals surface area contributed by atoms with E-state index in [1.54, 1.807) is 7.11 Å². The zero-order chi connectivity index (χ0) is 12.3. The summed E-state index contributed by atoms with van der Waals surface area (Å²) in [5.74, 6) is 0.968. The third kappa shape index (κ3) is 3.73. The molecular weight excluding hydrogens is 282 g/mol. The molecule has 2 rings (SSSR count). The Kier molecular flexibility index (Phi) is 4.05. The van der Waals surface area contributed by atoms with Crippen molar-refractivity contribution in [2.24, 2.45) is 0 Å². The van der Waals surface area contributed by atoms with Gasteiger partial charge in [0.2, 0.25) is 5.91 Å². The molecule has 0 aliphatic heterocycles. The van der Waals surface area contributed by atoms with Gasteiger partial charge in [-0.25, -0.2) is 0 Å². The fourth-order valence-electron chi connectivity index (χ4n) is 1.65. The summed E-state index contributed by atoms with van der Waals surface area (Å²) in [6.07, 6.45) is 3.59. The number of benzene rings is 1. The van der Waals surface area contributed by atoms with Gasteiger partial charge in [0.25, 0.3) is 0 Å². The molecular formula is C13H16BrNO2. The predicted octanol–water partition coefficient (Wildman–Crippen LogP) is 2.67. The van der Waals surface area contributed by atoms with Crippen LogP contribution in [0.2, 0.25) is 0 Å². The van der Waals surface area contributed by atoms with Gasteiger partial charge in [-0.1, -0.05) is 6.07 Å². The molecule has 0 aromatic heterocycles. The highest BCUT2D eigenvalue weighted by Crippen LogP contribution is 2.26. The fraction of sp³-hybridized carbons (Fsp3) is 0.462. The third-order valence-corrected chi connectivity index (χ3v) is 3.42. The second-order valence-corrected chi connectivity index (χ2v) is 5.17. The lowest BCUT2D eigenvalue weighted by Gasteiger charge is -2.06. The molecule has 92 valence electrons. The number of amides is 1. The Hall–Kier alpha value is -1.03. The van der Waals surface area contributed by atoms with Gasteiger partial charge in [0.15, 0.2) is 0 Å². The number of hydrogen-bond acceptors (Lipinski definition) is 2. The molecule has 1 amide bonds. The maximum atomic E-state index is 11.5. The van der Waals surface area contributed by atoms with Crippen molar-refractivity contribution in [3.63, 3.8) is 0 Å². The highest BCUT2D eigenvalue weighted by molar-refractivity contribution is 9.10. The number of carbonyl (C=O) groups excluding carboxylic acids is 1. The zero-order valence-corrected chi connectivity index (χ0v) is 11.4. The van der Waals surface area contributed by atoms with Crippen molar-refractivity contribution in [3.05, 3.63) is 28.2 Å². The van der Waals surface area contributed by atoms with Gasteiger partial charge in [0.05, 0.1) is 11.6 Å². The van der Waals surface area contributed by atoms with Crippen LogP contribution < -0.4 is 10.1 Å². The maximum Gasteiger partial charge on any atom is 0.220 e. The summed E-state index contributed by atoms with van der Waals surface area (Å²) in [5.41, 5.74) is 1.14. The summed E-state index contributed by atoms with van der Waals surface area (Å²) >= 11 is 3.44. The lowest BCUT2D eigenvalue weighted by Crippen LogP contribution is -2.25. The number of nitrogens with one attached hydrogen (secondary N) is 1. The standard InChI is InChI=1S/C13H16BrNO2/c1-17-12-6-2-9(8-11(12)14)3-7-13(16)15-10-4-5-10/h2,6,8,10H,3-5,7H2,1H3,(H,15,16). The maximum absolute atomic E-state index is 11.5. The molecule has 0 saturated heterocycles. The average molecular weight is 298 g/mol. The smallest absolute Gasteiger partial charge is 0.220 e. The van der Waals surface area contributed by atoms with Crippen molar-refractivity contribution in [1.82, 2.24) is 5.32 Å². The molecule has 1 saturated carbocycles. The summed E-state index contributed by atoms with van der Waals surface area (Å²) in [6.45, 7) is 0. The Bertz CT molecular complexity index is 416. The monoisotopic (exact) mass is 297 g/mol. The molecule has 0 bridgehead atoms. The van der Waals surface area contributed by atoms with E-state index >= 15 is 0 Å². The minimum Gasteiger partial charge on any atom is -0.496 e. The van der Waals surface area contributed by atoms with E-state index in [2.05, 4.69) is 21.2 Å². The molecule has 1 aliphatic carbocycles. The number of halogens is 1. The second kappa shape index (κ2) is 5.54. The molecule has 0 heterocycles. The predicted molar refractivity (Wildman–Crippen MR) is 70.2 cm³/mol. The molecule has 17 heavy (non-hydrogen) atoms. The third-order valence-electron chi connectivity index (χ3n) is 2.80. The fourth-order valence-corrected chi connectivity index (χ4v) is 2.24. The quantitative estimate of drug-likeness (QED) is 0.907. The van der Waals surface area contributed by atoms with Crippen LogP contribution in [-0.2, 0) is 11.2 Å². The normalized spacial score (nSPS) is 14.5. The first-order valence-corrected chi connectivity index (χ1v) is 6.60. The van der Waals surface area contributed by atoms with Gasteiger partial charge >= 0.3 is 0 Å². The first-order chi connectivity index (χ1) is 8.19. The average Bonchev–Trinajstić information content (AvgIpc) is 3.10. The largest absolute Gasteiger partial charge is 0.496 e. The molecule has 0 atom stereocenters. The highest BCUT2D eigenvalue weighted by atomic mass is 79.9. The minimum atomic E-state index is 0.152. The van der Waals surface area contributed by atoms with Crippen molar-refractivity contribution in [2.45, 2.75) is 31.7 Å². The Morgan fingerprint density at radius 1 is 1.53 bits per heavy atom. The SMILES string of the molecule is COc1ccc(CCC(=O)NC2CC2)cc1Br. The van der Waals surface area contributed by atoms with Gasteiger partial charge in [-0.2, -0.15) is 0 Å². The zero-order valence-electron chi connectivity index (χ0n) is 9.83. The summed E-state index contributed by atoms with van der Waals surface area (Å²) < 4.78 is 6.09. The van der Waals surface area contributed by atoms with Gasteiger partial charge in [-0.15, -0.1) is 0 Å². The molecule has 4 heteroatoms. The van der Waals surface area contributed by atoms with Gasteiger partial charge < -0.3 is 10.1 Å². The number of rotatable bonds is 5. The summed E-state index contributed by atoms with van der Waals surface area (Å²) in [5, 5.41) is 2.99. The molecule has 0 unspecified atom stereocenters. The summed E-state index contributed by atoms with van der Waals surface area (Å²) in [6, 6.07) is 6.36. The van der Waals surface area contributed by atoms with Crippen LogP contribution in [0, 0.1) is 0 Å². The van der Waals surface area contributed by atoms with E-state index in [0.29, 0.717) is 12.5 Å². The van der Waals surface area contributed by atoms with Gasteiger partial charge in [0, 0.05) is 12.5 Å². The van der Waals surface area contributed by atoms with E-state index in [1.165, 1.54) is 0 Å². The van der Waals surface area contributed by atoms with Crippen molar-refractivity contribution < 1.29 is 9.53 Å². The van der Waals surface area contributed by atoms with Crippen molar-refractivity contribution in [1.29, 1.82) is 0 Å². The van der Waals surface area contributed by atoms with Crippen LogP contribution in [-0.4, -0.2) is 19.1 Å². The van der Waals surface area contributed by atoms with E-state index in [0.717, 1.165) is 35.0 Å². The van der Waals surface area contributed by atoms with Crippen molar-refractivity contribution >= 4 is 21.8 Å². The van der Waals surface area contributed by atoms with E-state index in [1.807, 2.05) is 18.2 Å². The Morgan fingerprint density at radius 2 is 2.29 bits per heavy atom. The van der Waals surface area contributed by atoms with Gasteiger partial charge in [-0.3, -0.25) is 4.79 Å². The lowest BCUT2D eigenvalue weighted by atomic mass is 10.1. The first-order valence-electron chi connectivity index (χ1n) is 5.81. The van der Waals surface area contributed by atoms with Crippen molar-refractivity contribution in [3.8, 4) is 5.75 Å². The van der Waals surface area contributed by atoms with Crippen LogP contribution >= 0.6 is 15.9 Å². The van der Waals surface area contributed by atoms with E-state index in [-0.39, 0.29) is 5.91 Å². The number of methoxy groups -OCH3 is 1. The molecule has 1 aliphatic rings. The van der Waals surface area contributed by atoms with Crippen LogP contribution in [0.15, 0.2) is 22.7 Å². The minimum absolute atomic E-state index is 0.152. The van der Waals surface area contributed by atoms with Crippen LogP contribution in [0.4, 0.5) is 0 Å². The number of ether oxygens (including phenoxy) is 1. The summed E-state index contributed by atoms with van der Waals surface area (Å²) in [7, 11) is 1.64. The van der Waals surface area contributed by atoms with Crippen LogP contribution in [0.25, 0.3) is 0 Å². The van der Waals surface area contributed by atoms with E-state index in [9.17, 15) is 4.79 Å².